The average molecular weight is 394 g/mol. The number of hydrogen-bond acceptors (Lipinski definition) is 5. The number of carbonyl (C=O) groups excluding carboxylic acids is 2. The fraction of sp³-hybridized carbons (Fsp3) is 0.409. The second-order valence-electron chi connectivity index (χ2n) is 7.93. The van der Waals surface area contributed by atoms with Gasteiger partial charge in [-0.3, -0.25) is 14.5 Å². The van der Waals surface area contributed by atoms with E-state index in [2.05, 4.69) is 28.9 Å². The summed E-state index contributed by atoms with van der Waals surface area (Å²) in [7, 11) is 1.55. The molecule has 2 amide bonds. The van der Waals surface area contributed by atoms with Crippen LogP contribution < -0.4 is 10.5 Å². The number of rotatable bonds is 5. The maximum Gasteiger partial charge on any atom is 0.255 e. The number of nitrogens with zero attached hydrogens (tertiary/aromatic N) is 3. The van der Waals surface area contributed by atoms with Crippen molar-refractivity contribution in [2.24, 2.45) is 17.6 Å². The molecule has 3 atom stereocenters. The van der Waals surface area contributed by atoms with Crippen molar-refractivity contribution in [3.8, 4) is 5.88 Å². The molecule has 2 N–H and O–H groups in total. The molecule has 2 aliphatic rings. The molecular weight excluding hydrogens is 368 g/mol. The molecule has 0 unspecified atom stereocenters. The zero-order valence-corrected chi connectivity index (χ0v) is 16.7. The number of pyridine rings is 1. The molecule has 2 aliphatic heterocycles. The van der Waals surface area contributed by atoms with Gasteiger partial charge >= 0.3 is 0 Å². The van der Waals surface area contributed by atoms with Gasteiger partial charge in [-0.15, -0.1) is 0 Å². The minimum absolute atomic E-state index is 0.0238. The SMILES string of the molecule is COc1ccc(C(=O)N2C[C@@H]3CN(CC(N)=O)C[C@@H]3[C@H]2c2ccccc2C)cn1. The van der Waals surface area contributed by atoms with Crippen LogP contribution in [0.4, 0.5) is 0 Å². The number of nitrogens with two attached hydrogens (primary N) is 1. The van der Waals surface area contributed by atoms with E-state index in [1.54, 1.807) is 25.4 Å². The van der Waals surface area contributed by atoms with Gasteiger partial charge in [0.25, 0.3) is 5.91 Å². The van der Waals surface area contributed by atoms with Crippen molar-refractivity contribution >= 4 is 11.8 Å². The molecule has 29 heavy (non-hydrogen) atoms. The summed E-state index contributed by atoms with van der Waals surface area (Å²) in [6, 6.07) is 11.6. The van der Waals surface area contributed by atoms with E-state index in [-0.39, 0.29) is 30.3 Å². The third-order valence-corrected chi connectivity index (χ3v) is 6.08. The Hall–Kier alpha value is -2.93. The first kappa shape index (κ1) is 19.4. The monoisotopic (exact) mass is 394 g/mol. The second kappa shape index (κ2) is 7.83. The normalized spacial score (nSPS) is 23.8. The van der Waals surface area contributed by atoms with Gasteiger partial charge in [0.2, 0.25) is 11.8 Å². The Bertz CT molecular complexity index is 915. The summed E-state index contributed by atoms with van der Waals surface area (Å²) < 4.78 is 5.11. The highest BCUT2D eigenvalue weighted by Gasteiger charge is 2.49. The molecule has 0 spiro atoms. The van der Waals surface area contributed by atoms with E-state index in [0.717, 1.165) is 24.2 Å². The van der Waals surface area contributed by atoms with Gasteiger partial charge in [-0.2, -0.15) is 0 Å². The van der Waals surface area contributed by atoms with E-state index in [1.165, 1.54) is 0 Å². The van der Waals surface area contributed by atoms with Crippen LogP contribution >= 0.6 is 0 Å². The van der Waals surface area contributed by atoms with Gasteiger partial charge in [0, 0.05) is 37.8 Å². The fourth-order valence-corrected chi connectivity index (χ4v) is 4.81. The highest BCUT2D eigenvalue weighted by atomic mass is 16.5. The number of aryl methyl sites for hydroxylation is 1. The average Bonchev–Trinajstić information content (AvgIpc) is 3.24. The van der Waals surface area contributed by atoms with Crippen molar-refractivity contribution in [1.82, 2.24) is 14.8 Å². The van der Waals surface area contributed by atoms with Gasteiger partial charge in [-0.25, -0.2) is 4.98 Å². The Kier molecular flexibility index (Phi) is 5.24. The van der Waals surface area contributed by atoms with Crippen molar-refractivity contribution < 1.29 is 14.3 Å². The van der Waals surface area contributed by atoms with Crippen LogP contribution in [0.5, 0.6) is 5.88 Å². The number of primary amides is 1. The Morgan fingerprint density at radius 2 is 1.97 bits per heavy atom. The molecule has 2 saturated heterocycles. The van der Waals surface area contributed by atoms with Crippen molar-refractivity contribution in [1.29, 1.82) is 0 Å². The van der Waals surface area contributed by atoms with E-state index >= 15 is 0 Å². The van der Waals surface area contributed by atoms with Gasteiger partial charge in [0.15, 0.2) is 0 Å². The van der Waals surface area contributed by atoms with E-state index in [1.807, 2.05) is 17.0 Å². The molecule has 0 radical (unpaired) electrons. The van der Waals surface area contributed by atoms with Crippen LogP contribution in [0.2, 0.25) is 0 Å². The zero-order valence-electron chi connectivity index (χ0n) is 16.7. The van der Waals surface area contributed by atoms with Crippen LogP contribution in [-0.2, 0) is 4.79 Å². The Labute approximate surface area is 170 Å². The Morgan fingerprint density at radius 3 is 2.62 bits per heavy atom. The fourth-order valence-electron chi connectivity index (χ4n) is 4.81. The highest BCUT2D eigenvalue weighted by molar-refractivity contribution is 5.94. The van der Waals surface area contributed by atoms with E-state index in [4.69, 9.17) is 10.5 Å². The van der Waals surface area contributed by atoms with E-state index in [0.29, 0.717) is 23.9 Å². The van der Waals surface area contributed by atoms with Gasteiger partial charge < -0.3 is 15.4 Å². The molecular formula is C22H26N4O3. The molecule has 7 nitrogen and oxygen atoms in total. The highest BCUT2D eigenvalue weighted by Crippen LogP contribution is 2.46. The van der Waals surface area contributed by atoms with Gasteiger partial charge in [-0.05, 0) is 30.0 Å². The van der Waals surface area contributed by atoms with Crippen LogP contribution in [-0.4, -0.2) is 59.9 Å². The maximum atomic E-state index is 13.4. The lowest BCUT2D eigenvalue weighted by atomic mass is 9.87. The topological polar surface area (TPSA) is 88.8 Å². The number of fused-ring (bicyclic) bond motifs is 1. The number of carbonyl (C=O) groups is 2. The first-order chi connectivity index (χ1) is 14.0. The molecule has 1 aromatic heterocycles. The van der Waals surface area contributed by atoms with Crippen LogP contribution in [0.3, 0.4) is 0 Å². The molecule has 2 aromatic rings. The first-order valence-electron chi connectivity index (χ1n) is 9.85. The van der Waals surface area contributed by atoms with E-state index < -0.39 is 0 Å². The van der Waals surface area contributed by atoms with Crippen molar-refractivity contribution in [2.75, 3.05) is 33.3 Å². The molecule has 0 aliphatic carbocycles. The number of hydrogen-bond donors (Lipinski definition) is 1. The molecule has 2 fully saturated rings. The smallest absolute Gasteiger partial charge is 0.255 e. The number of methoxy groups -OCH3 is 1. The predicted molar refractivity (Wildman–Crippen MR) is 108 cm³/mol. The van der Waals surface area contributed by atoms with Gasteiger partial charge in [0.05, 0.1) is 25.3 Å². The van der Waals surface area contributed by atoms with Gasteiger partial charge in [0.1, 0.15) is 0 Å². The maximum absolute atomic E-state index is 13.4. The number of likely N-dealkylation sites (tertiary alicyclic amines) is 2. The molecule has 0 saturated carbocycles. The lowest BCUT2D eigenvalue weighted by molar-refractivity contribution is -0.119. The standard InChI is InChI=1S/C22H26N4O3/c1-14-5-3-4-6-17(14)21-18-12-25(13-19(23)27)10-16(18)11-26(21)22(28)15-7-8-20(29-2)24-9-15/h3-9,16,18,21H,10-13H2,1-2H3,(H2,23,27)/t16-,18-,21+/m0/s1. The summed E-state index contributed by atoms with van der Waals surface area (Å²) in [5.41, 5.74) is 8.29. The van der Waals surface area contributed by atoms with Crippen LogP contribution in [0, 0.1) is 18.8 Å². The van der Waals surface area contributed by atoms with Crippen LogP contribution in [0.25, 0.3) is 0 Å². The third kappa shape index (κ3) is 3.70. The summed E-state index contributed by atoms with van der Waals surface area (Å²) in [4.78, 5) is 33.1. The van der Waals surface area contributed by atoms with Crippen molar-refractivity contribution in [3.63, 3.8) is 0 Å². The summed E-state index contributed by atoms with van der Waals surface area (Å²) in [6.07, 6.45) is 1.57. The summed E-state index contributed by atoms with van der Waals surface area (Å²) in [6.45, 7) is 4.54. The second-order valence-corrected chi connectivity index (χ2v) is 7.93. The van der Waals surface area contributed by atoms with E-state index in [9.17, 15) is 9.59 Å². The lowest BCUT2D eigenvalue weighted by Crippen LogP contribution is -2.38. The van der Waals surface area contributed by atoms with Crippen LogP contribution in [0.15, 0.2) is 42.6 Å². The number of benzene rings is 1. The quantitative estimate of drug-likeness (QED) is 0.833. The van der Waals surface area contributed by atoms with Crippen molar-refractivity contribution in [2.45, 2.75) is 13.0 Å². The summed E-state index contributed by atoms with van der Waals surface area (Å²) >= 11 is 0. The largest absolute Gasteiger partial charge is 0.481 e. The van der Waals surface area contributed by atoms with Gasteiger partial charge in [-0.1, -0.05) is 24.3 Å². The first-order valence-corrected chi connectivity index (χ1v) is 9.85. The molecule has 3 heterocycles. The molecule has 152 valence electrons. The number of amides is 2. The minimum atomic E-state index is -0.311. The molecule has 7 heteroatoms. The third-order valence-electron chi connectivity index (χ3n) is 6.08. The predicted octanol–water partition coefficient (Wildman–Crippen LogP) is 1.63. The molecule has 4 rings (SSSR count). The lowest BCUT2D eigenvalue weighted by Gasteiger charge is -2.31. The van der Waals surface area contributed by atoms with Crippen molar-refractivity contribution in [3.05, 3.63) is 59.3 Å². The Balaban J connectivity index is 1.65. The molecule has 1 aromatic carbocycles. The Morgan fingerprint density at radius 1 is 1.17 bits per heavy atom. The zero-order chi connectivity index (χ0) is 20.5. The minimum Gasteiger partial charge on any atom is -0.481 e. The molecule has 0 bridgehead atoms. The number of ether oxygens (including phenoxy) is 1. The summed E-state index contributed by atoms with van der Waals surface area (Å²) in [5, 5.41) is 0. The summed E-state index contributed by atoms with van der Waals surface area (Å²) in [5.74, 6) is 0.732. The number of aromatic nitrogens is 1. The van der Waals surface area contributed by atoms with Crippen LogP contribution in [0.1, 0.15) is 27.5 Å².